The zero-order chi connectivity index (χ0) is 68.0. The predicted octanol–water partition coefficient (Wildman–Crippen LogP) is 8.81. The zero-order valence-electron chi connectivity index (χ0n) is 57.0. The van der Waals surface area contributed by atoms with Gasteiger partial charge in [-0.05, 0) is 121 Å². The van der Waals surface area contributed by atoms with Gasteiger partial charge in [-0.25, -0.2) is 4.79 Å². The first-order valence-corrected chi connectivity index (χ1v) is 38.7. The van der Waals surface area contributed by atoms with E-state index in [2.05, 4.69) is 111 Å². The molecule has 4 aromatic carbocycles. The van der Waals surface area contributed by atoms with Gasteiger partial charge in [0.15, 0.2) is 8.32 Å². The van der Waals surface area contributed by atoms with Crippen molar-refractivity contribution >= 4 is 86.1 Å². The molecule has 21 heteroatoms. The lowest BCUT2D eigenvalue weighted by Crippen LogP contribution is -2.68. The third kappa shape index (κ3) is 21.5. The van der Waals surface area contributed by atoms with E-state index in [0.717, 1.165) is 23.2 Å². The van der Waals surface area contributed by atoms with Crippen molar-refractivity contribution in [1.29, 1.82) is 0 Å². The quantitative estimate of drug-likeness (QED) is 0.0158. The highest BCUT2D eigenvalue weighted by Crippen LogP contribution is 2.38. The van der Waals surface area contributed by atoms with Crippen molar-refractivity contribution in [3.8, 4) is 5.75 Å². The van der Waals surface area contributed by atoms with Crippen LogP contribution in [0.15, 0.2) is 127 Å². The Bertz CT molecular complexity index is 3070. The van der Waals surface area contributed by atoms with Gasteiger partial charge in [0.05, 0.1) is 0 Å². The first kappa shape index (κ1) is 75.6. The van der Waals surface area contributed by atoms with Crippen LogP contribution in [0.1, 0.15) is 139 Å². The topological polar surface area (TPSA) is 240 Å². The molecule has 0 bridgehead atoms. The number of benzene rings is 4. The summed E-state index contributed by atoms with van der Waals surface area (Å²) in [6, 6.07) is 29.0. The summed E-state index contributed by atoms with van der Waals surface area (Å²) >= 11 is 1.46. The van der Waals surface area contributed by atoms with Crippen LogP contribution in [0, 0.1) is 5.92 Å². The summed E-state index contributed by atoms with van der Waals surface area (Å²) in [5.74, 6) is -5.05. The molecule has 2 unspecified atom stereocenters. The summed E-state index contributed by atoms with van der Waals surface area (Å²) in [6.07, 6.45) is 4.76. The molecule has 7 amide bonds. The van der Waals surface area contributed by atoms with Gasteiger partial charge in [0.1, 0.15) is 53.8 Å². The maximum atomic E-state index is 15.5. The Balaban J connectivity index is 1.65. The van der Waals surface area contributed by atoms with Crippen molar-refractivity contribution in [2.75, 3.05) is 25.7 Å². The average Bonchev–Trinajstić information content (AvgIpc) is 0.751. The van der Waals surface area contributed by atoms with Crippen LogP contribution in [0.5, 0.6) is 5.75 Å². The van der Waals surface area contributed by atoms with Crippen LogP contribution in [-0.2, 0) is 60.4 Å². The Labute approximate surface area is 553 Å². The molecular formula is C71H103N7O11SSi2. The molecular weight excluding hydrogens is 1220 g/mol. The van der Waals surface area contributed by atoms with Crippen molar-refractivity contribution in [2.24, 2.45) is 5.92 Å². The van der Waals surface area contributed by atoms with Crippen LogP contribution in [0.2, 0.25) is 23.2 Å². The Morgan fingerprint density at radius 2 is 1.30 bits per heavy atom. The minimum atomic E-state index is -3.08. The van der Waals surface area contributed by atoms with Gasteiger partial charge in [0.25, 0.3) is 11.8 Å². The fraction of sp³-hybridized carbons (Fsp3) is 0.521. The molecule has 1 fully saturated rings. The molecule has 1 heterocycles. The predicted molar refractivity (Wildman–Crippen MR) is 371 cm³/mol. The van der Waals surface area contributed by atoms with Crippen LogP contribution in [-0.4, -0.2) is 137 Å². The van der Waals surface area contributed by atoms with E-state index in [1.54, 1.807) is 0 Å². The van der Waals surface area contributed by atoms with Gasteiger partial charge in [0.2, 0.25) is 29.5 Å². The fourth-order valence-electron chi connectivity index (χ4n) is 10.9. The number of nitrogens with one attached hydrogen (secondary N) is 6. The standard InChI is InChI=1S/C71H103N7O11SSi2/c1-16-18-22-37-61(79)72-57(42-44-90-13)65(82)77-62-49(5)88-69(86)59(45-48(3)4)76-66(83)60(47-51-38-40-52(41-39-51)89-92(71(9,10)11,53-32-25-20-26-33-53)54-34-27-21-28-35-54)78(12)68(85)58(46-50-30-23-19-24-31-50)75-64(81)56(74-63(80)55(17-2)73-67(62)84)36-29-43-87-91(14,15)70(6,7)8/h17,19-21,23-28,30-35,38-41,48-49,56-60,62H,16,18,22,29,36-37,42-47H2,1-15H3,(H,72,79)(H,73,84)(H,74,80)(H,75,81)(H,76,83)(H,77,82)/b55-17-/t49-,56+,57+,58+,59+,60?,62?/m1/s1. The number of nitrogens with zero attached hydrogens (tertiary/aromatic N) is 1. The van der Waals surface area contributed by atoms with Crippen LogP contribution >= 0.6 is 11.8 Å². The molecule has 1 aliphatic heterocycles. The number of cyclic esters (lactones) is 1. The summed E-state index contributed by atoms with van der Waals surface area (Å²) < 4.78 is 20.0. The van der Waals surface area contributed by atoms with Crippen LogP contribution < -0.4 is 46.7 Å². The molecule has 1 saturated heterocycles. The van der Waals surface area contributed by atoms with E-state index in [0.29, 0.717) is 35.5 Å². The van der Waals surface area contributed by atoms with Crippen molar-refractivity contribution < 1.29 is 51.9 Å². The van der Waals surface area contributed by atoms with Gasteiger partial charge < -0.3 is 50.4 Å². The zero-order valence-corrected chi connectivity index (χ0v) is 59.8. The van der Waals surface area contributed by atoms with Gasteiger partial charge in [-0.1, -0.05) is 184 Å². The SMILES string of the molecule is C/C=C1\NC(=O)C(NC(=O)[C@H](CCSC)NC(=O)CCCCC)[C@@H](C)OC(=O)[C@H](CC(C)C)NC(=O)C(Cc2ccc(O[Si](c3ccccc3)(c3ccccc3)C(C)(C)C)cc2)N(C)C(=O)[C@H](Cc2ccccc2)NC(=O)[C@H](CCCO[Si](C)(C)C(C)(C)C)NC1=O. The molecule has 502 valence electrons. The first-order chi connectivity index (χ1) is 43.5. The van der Waals surface area contributed by atoms with E-state index in [1.807, 2.05) is 118 Å². The van der Waals surface area contributed by atoms with Gasteiger partial charge in [-0.3, -0.25) is 33.6 Å². The van der Waals surface area contributed by atoms with Gasteiger partial charge >= 0.3 is 14.3 Å². The lowest BCUT2D eigenvalue weighted by molar-refractivity contribution is -0.156. The second-order valence-electron chi connectivity index (χ2n) is 27.0. The Morgan fingerprint density at radius 3 is 1.85 bits per heavy atom. The molecule has 4 aromatic rings. The van der Waals surface area contributed by atoms with E-state index in [4.69, 9.17) is 13.6 Å². The van der Waals surface area contributed by atoms with Crippen LogP contribution in [0.25, 0.3) is 0 Å². The Hall–Kier alpha value is -7.08. The Kier molecular flexibility index (Phi) is 29.0. The lowest BCUT2D eigenvalue weighted by Gasteiger charge is -2.43. The van der Waals surface area contributed by atoms with Gasteiger partial charge in [-0.15, -0.1) is 0 Å². The van der Waals surface area contributed by atoms with Crippen molar-refractivity contribution in [2.45, 2.75) is 206 Å². The summed E-state index contributed by atoms with van der Waals surface area (Å²) in [7, 11) is -3.86. The normalized spacial score (nSPS) is 20.3. The smallest absolute Gasteiger partial charge is 0.328 e. The summed E-state index contributed by atoms with van der Waals surface area (Å²) in [6.45, 7) is 26.1. The number of esters is 1. The van der Waals surface area contributed by atoms with Crippen LogP contribution in [0.3, 0.4) is 0 Å². The average molecular weight is 1320 g/mol. The van der Waals surface area contributed by atoms with Crippen LogP contribution in [0.4, 0.5) is 0 Å². The first-order valence-electron chi connectivity index (χ1n) is 32.5. The molecule has 0 radical (unpaired) electrons. The molecule has 0 spiro atoms. The highest BCUT2D eigenvalue weighted by Gasteiger charge is 2.52. The number of likely N-dealkylation sites (N-methyl/N-ethyl adjacent to an activating group) is 1. The maximum absolute atomic E-state index is 15.5. The number of carbonyl (C=O) groups excluding carboxylic acids is 8. The van der Waals surface area contributed by atoms with E-state index in [-0.39, 0.29) is 72.7 Å². The number of allylic oxidation sites excluding steroid dienone is 1. The highest BCUT2D eigenvalue weighted by molar-refractivity contribution is 7.98. The minimum Gasteiger partial charge on any atom is -0.534 e. The van der Waals surface area contributed by atoms with Gasteiger partial charge in [-0.2, -0.15) is 11.8 Å². The molecule has 7 atom stereocenters. The second-order valence-corrected chi connectivity index (χ2v) is 37.0. The molecule has 18 nitrogen and oxygen atoms in total. The molecule has 6 N–H and O–H groups in total. The van der Waals surface area contributed by atoms with E-state index in [9.17, 15) is 24.0 Å². The summed E-state index contributed by atoms with van der Waals surface area (Å²) in [4.78, 5) is 119. The molecule has 0 saturated carbocycles. The number of amides is 7. The lowest BCUT2D eigenvalue weighted by atomic mass is 9.99. The number of hydrogen-bond donors (Lipinski definition) is 6. The van der Waals surface area contributed by atoms with Gasteiger partial charge in [0, 0.05) is 32.9 Å². The Morgan fingerprint density at radius 1 is 0.728 bits per heavy atom. The van der Waals surface area contributed by atoms with Crippen molar-refractivity contribution in [1.82, 2.24) is 36.8 Å². The number of hydrogen-bond acceptors (Lipinski definition) is 12. The number of unbranched alkanes of at least 4 members (excludes halogenated alkanes) is 2. The van der Waals surface area contributed by atoms with Crippen molar-refractivity contribution in [3.63, 3.8) is 0 Å². The monoisotopic (exact) mass is 1320 g/mol. The largest absolute Gasteiger partial charge is 0.534 e. The van der Waals surface area contributed by atoms with E-state index in [1.165, 1.54) is 43.6 Å². The third-order valence-corrected chi connectivity index (χ3v) is 27.4. The van der Waals surface area contributed by atoms with E-state index >= 15 is 14.4 Å². The summed E-state index contributed by atoms with van der Waals surface area (Å²) in [5, 5.41) is 18.6. The molecule has 0 aliphatic carbocycles. The number of ether oxygens (including phenoxy) is 1. The number of rotatable bonds is 25. The highest BCUT2D eigenvalue weighted by atomic mass is 32.2. The number of thioether (sulfide) groups is 1. The maximum Gasteiger partial charge on any atom is 0.328 e. The number of carbonyl (C=O) groups is 8. The van der Waals surface area contributed by atoms with Crippen molar-refractivity contribution in [3.05, 3.63) is 138 Å². The molecule has 5 rings (SSSR count). The molecule has 92 heavy (non-hydrogen) atoms. The van der Waals surface area contributed by atoms with E-state index < -0.39 is 100 Å². The fourth-order valence-corrected chi connectivity index (χ4v) is 16.9. The summed E-state index contributed by atoms with van der Waals surface area (Å²) in [5.41, 5.74) is 1.03. The molecule has 1 aliphatic rings. The second kappa shape index (κ2) is 35.3. The molecule has 0 aromatic heterocycles. The minimum absolute atomic E-state index is 0.0162. The third-order valence-electron chi connectivity index (χ3n) is 17.3.